The Morgan fingerprint density at radius 1 is 1.07 bits per heavy atom. The minimum atomic E-state index is 1.22. The summed E-state index contributed by atoms with van der Waals surface area (Å²) in [5.41, 5.74) is 2.54. The molecule has 0 atom stereocenters. The van der Waals surface area contributed by atoms with E-state index in [-0.39, 0.29) is 0 Å². The molecule has 1 aromatic carbocycles. The molecule has 0 radical (unpaired) electrons. The maximum atomic E-state index is 3.19. The number of nitrogens with one attached hydrogen (secondary N) is 1. The van der Waals surface area contributed by atoms with E-state index in [9.17, 15) is 0 Å². The van der Waals surface area contributed by atoms with Gasteiger partial charge < -0.3 is 4.98 Å². The average molecular weight is 189 g/mol. The van der Waals surface area contributed by atoms with Crippen molar-refractivity contribution in [3.8, 4) is 0 Å². The van der Waals surface area contributed by atoms with Crippen molar-refractivity contribution < 1.29 is 0 Å². The van der Waals surface area contributed by atoms with Crippen LogP contribution in [0.4, 0.5) is 0 Å². The second-order valence-corrected chi connectivity index (χ2v) is 3.52. The Morgan fingerprint density at radius 3 is 2.29 bits per heavy atom. The minimum Gasteiger partial charge on any atom is -0.361 e. The van der Waals surface area contributed by atoms with Gasteiger partial charge in [0.1, 0.15) is 0 Å². The molecule has 2 aromatic rings. The van der Waals surface area contributed by atoms with Crippen LogP contribution in [0.15, 0.2) is 30.5 Å². The molecular formula is C13H19N. The van der Waals surface area contributed by atoms with E-state index in [0.717, 1.165) is 0 Å². The highest BCUT2D eigenvalue weighted by atomic mass is 14.7. The maximum absolute atomic E-state index is 3.19. The summed E-state index contributed by atoms with van der Waals surface area (Å²) < 4.78 is 0. The van der Waals surface area contributed by atoms with Crippen molar-refractivity contribution in [2.75, 3.05) is 0 Å². The molecule has 1 heterocycles. The van der Waals surface area contributed by atoms with Crippen molar-refractivity contribution >= 4 is 10.9 Å². The molecule has 1 heteroatoms. The van der Waals surface area contributed by atoms with Crippen molar-refractivity contribution in [2.45, 2.75) is 33.6 Å². The standard InChI is InChI=1S/C9H9N.C4H10/c1-7-6-10-9-5-3-2-4-8(7)9;1-3-4-2/h2-6,10H,1H3;3-4H2,1-2H3. The van der Waals surface area contributed by atoms with Gasteiger partial charge in [-0.25, -0.2) is 0 Å². The largest absolute Gasteiger partial charge is 0.361 e. The van der Waals surface area contributed by atoms with E-state index in [4.69, 9.17) is 0 Å². The van der Waals surface area contributed by atoms with E-state index in [1.807, 2.05) is 12.3 Å². The molecule has 0 aliphatic heterocycles. The molecule has 0 bridgehead atoms. The summed E-state index contributed by atoms with van der Waals surface area (Å²) in [6.45, 7) is 6.47. The smallest absolute Gasteiger partial charge is 0.0456 e. The van der Waals surface area contributed by atoms with Gasteiger partial charge in [0.2, 0.25) is 0 Å². The second kappa shape index (κ2) is 5.48. The molecule has 1 aromatic heterocycles. The zero-order valence-corrected chi connectivity index (χ0v) is 9.30. The van der Waals surface area contributed by atoms with Gasteiger partial charge in [0.15, 0.2) is 0 Å². The number of hydrogen-bond acceptors (Lipinski definition) is 0. The number of rotatable bonds is 1. The van der Waals surface area contributed by atoms with Crippen LogP contribution in [0, 0.1) is 6.92 Å². The first-order chi connectivity index (χ1) is 6.79. The van der Waals surface area contributed by atoms with Crippen LogP contribution in [0.1, 0.15) is 32.3 Å². The van der Waals surface area contributed by atoms with Gasteiger partial charge in [-0.05, 0) is 18.6 Å². The normalized spacial score (nSPS) is 9.64. The topological polar surface area (TPSA) is 15.8 Å². The van der Waals surface area contributed by atoms with E-state index < -0.39 is 0 Å². The molecule has 2 rings (SSSR count). The summed E-state index contributed by atoms with van der Waals surface area (Å²) in [5.74, 6) is 0. The third kappa shape index (κ3) is 2.63. The molecule has 0 amide bonds. The number of para-hydroxylation sites is 1. The lowest BCUT2D eigenvalue weighted by molar-refractivity contribution is 0.886. The number of aromatic amines is 1. The van der Waals surface area contributed by atoms with Gasteiger partial charge in [-0.2, -0.15) is 0 Å². The van der Waals surface area contributed by atoms with Crippen LogP contribution in [0.5, 0.6) is 0 Å². The van der Waals surface area contributed by atoms with Crippen molar-refractivity contribution in [3.05, 3.63) is 36.0 Å². The lowest BCUT2D eigenvalue weighted by atomic mass is 10.2. The quantitative estimate of drug-likeness (QED) is 0.689. The van der Waals surface area contributed by atoms with Gasteiger partial charge in [0.25, 0.3) is 0 Å². The number of fused-ring (bicyclic) bond motifs is 1. The van der Waals surface area contributed by atoms with Gasteiger partial charge >= 0.3 is 0 Å². The lowest BCUT2D eigenvalue weighted by Crippen LogP contribution is -1.64. The molecule has 0 aliphatic carbocycles. The Kier molecular flexibility index (Phi) is 4.24. The maximum Gasteiger partial charge on any atom is 0.0456 e. The Hall–Kier alpha value is -1.24. The Bertz CT molecular complexity index is 371. The highest BCUT2D eigenvalue weighted by Crippen LogP contribution is 2.15. The van der Waals surface area contributed by atoms with Gasteiger partial charge in [0.05, 0.1) is 0 Å². The Balaban J connectivity index is 0.000000213. The second-order valence-electron chi connectivity index (χ2n) is 3.52. The van der Waals surface area contributed by atoms with E-state index in [0.29, 0.717) is 0 Å². The first-order valence-corrected chi connectivity index (χ1v) is 5.32. The molecule has 0 fully saturated rings. The van der Waals surface area contributed by atoms with Gasteiger partial charge in [0, 0.05) is 17.1 Å². The van der Waals surface area contributed by atoms with Crippen molar-refractivity contribution in [1.29, 1.82) is 0 Å². The van der Waals surface area contributed by atoms with E-state index in [1.54, 1.807) is 0 Å². The fourth-order valence-electron chi connectivity index (χ4n) is 1.22. The van der Waals surface area contributed by atoms with Crippen molar-refractivity contribution in [1.82, 2.24) is 4.98 Å². The zero-order valence-electron chi connectivity index (χ0n) is 9.30. The Morgan fingerprint density at radius 2 is 1.71 bits per heavy atom. The Labute approximate surface area is 86.2 Å². The molecule has 0 aliphatic rings. The average Bonchev–Trinajstić information content (AvgIpc) is 2.62. The summed E-state index contributed by atoms with van der Waals surface area (Å²) in [4.78, 5) is 3.19. The number of unbranched alkanes of at least 4 members (excludes halogenated alkanes) is 1. The van der Waals surface area contributed by atoms with Crippen LogP contribution >= 0.6 is 0 Å². The van der Waals surface area contributed by atoms with E-state index in [1.165, 1.54) is 29.3 Å². The molecule has 1 N–H and O–H groups in total. The van der Waals surface area contributed by atoms with Crippen LogP contribution in [-0.4, -0.2) is 4.98 Å². The molecule has 0 unspecified atom stereocenters. The summed E-state index contributed by atoms with van der Waals surface area (Å²) in [7, 11) is 0. The summed E-state index contributed by atoms with van der Waals surface area (Å²) in [5, 5.41) is 1.32. The monoisotopic (exact) mass is 189 g/mol. The van der Waals surface area contributed by atoms with Crippen molar-refractivity contribution in [3.63, 3.8) is 0 Å². The van der Waals surface area contributed by atoms with Crippen LogP contribution in [-0.2, 0) is 0 Å². The molecular weight excluding hydrogens is 170 g/mol. The molecule has 1 nitrogen and oxygen atoms in total. The predicted octanol–water partition coefficient (Wildman–Crippen LogP) is 4.28. The number of H-pyrrole nitrogens is 1. The molecule has 76 valence electrons. The highest BCUT2D eigenvalue weighted by molar-refractivity contribution is 5.82. The third-order valence-electron chi connectivity index (χ3n) is 2.30. The lowest BCUT2D eigenvalue weighted by Gasteiger charge is -1.86. The van der Waals surface area contributed by atoms with Crippen LogP contribution in [0.2, 0.25) is 0 Å². The van der Waals surface area contributed by atoms with E-state index in [2.05, 4.69) is 44.0 Å². The summed E-state index contributed by atoms with van der Waals surface area (Å²) >= 11 is 0. The first kappa shape index (κ1) is 10.8. The van der Waals surface area contributed by atoms with E-state index >= 15 is 0 Å². The third-order valence-corrected chi connectivity index (χ3v) is 2.30. The fraction of sp³-hybridized carbons (Fsp3) is 0.385. The predicted molar refractivity (Wildman–Crippen MR) is 63.6 cm³/mol. The van der Waals surface area contributed by atoms with Gasteiger partial charge in [-0.3, -0.25) is 0 Å². The number of aryl methyl sites for hydroxylation is 1. The van der Waals surface area contributed by atoms with Crippen LogP contribution < -0.4 is 0 Å². The fourth-order valence-corrected chi connectivity index (χ4v) is 1.22. The molecule has 0 saturated carbocycles. The molecule has 0 spiro atoms. The summed E-state index contributed by atoms with van der Waals surface area (Å²) in [6, 6.07) is 8.31. The minimum absolute atomic E-state index is 1.22. The van der Waals surface area contributed by atoms with Crippen LogP contribution in [0.3, 0.4) is 0 Å². The number of hydrogen-bond donors (Lipinski definition) is 1. The molecule has 0 saturated heterocycles. The SMILES string of the molecule is CCCC.Cc1c[nH]c2ccccc12. The zero-order chi connectivity index (χ0) is 10.4. The summed E-state index contributed by atoms with van der Waals surface area (Å²) in [6.07, 6.45) is 4.67. The number of benzene rings is 1. The van der Waals surface area contributed by atoms with Gasteiger partial charge in [-0.1, -0.05) is 44.9 Å². The van der Waals surface area contributed by atoms with Crippen LogP contribution in [0.25, 0.3) is 10.9 Å². The highest BCUT2D eigenvalue weighted by Gasteiger charge is 1.94. The first-order valence-electron chi connectivity index (χ1n) is 5.32. The number of aromatic nitrogens is 1. The van der Waals surface area contributed by atoms with Crippen molar-refractivity contribution in [2.24, 2.45) is 0 Å². The molecule has 14 heavy (non-hydrogen) atoms. The van der Waals surface area contributed by atoms with Gasteiger partial charge in [-0.15, -0.1) is 0 Å².